The molecule has 104 valence electrons. The summed E-state index contributed by atoms with van der Waals surface area (Å²) < 4.78 is 0. The maximum Gasteiger partial charge on any atom is 0.0387 e. The Morgan fingerprint density at radius 1 is 1.22 bits per heavy atom. The molecule has 2 aliphatic heterocycles. The van der Waals surface area contributed by atoms with Crippen molar-refractivity contribution in [2.24, 2.45) is 11.7 Å². The normalized spacial score (nSPS) is 40.8. The van der Waals surface area contributed by atoms with Crippen LogP contribution in [0.3, 0.4) is 0 Å². The van der Waals surface area contributed by atoms with Gasteiger partial charge in [0.2, 0.25) is 0 Å². The van der Waals surface area contributed by atoms with E-state index in [1.807, 2.05) is 0 Å². The van der Waals surface area contributed by atoms with E-state index in [0.29, 0.717) is 5.54 Å². The molecule has 2 N–H and O–H groups in total. The molecular formula is C15H29N3. The Morgan fingerprint density at radius 3 is 2.67 bits per heavy atom. The quantitative estimate of drug-likeness (QED) is 0.825. The van der Waals surface area contributed by atoms with Gasteiger partial charge in [0, 0.05) is 24.7 Å². The number of fused-ring (bicyclic) bond motifs is 2. The van der Waals surface area contributed by atoms with Gasteiger partial charge in [0.05, 0.1) is 0 Å². The molecule has 3 nitrogen and oxygen atoms in total. The Balaban J connectivity index is 1.83. The van der Waals surface area contributed by atoms with E-state index in [-0.39, 0.29) is 0 Å². The molecule has 2 bridgehead atoms. The third-order valence-electron chi connectivity index (χ3n) is 5.92. The van der Waals surface area contributed by atoms with Crippen molar-refractivity contribution in [2.75, 3.05) is 32.7 Å². The summed E-state index contributed by atoms with van der Waals surface area (Å²) in [6, 6.07) is 0.825. The van der Waals surface area contributed by atoms with E-state index in [1.165, 1.54) is 64.7 Å². The summed E-state index contributed by atoms with van der Waals surface area (Å²) in [4.78, 5) is 5.47. The van der Waals surface area contributed by atoms with Crippen molar-refractivity contribution in [2.45, 2.75) is 57.0 Å². The lowest BCUT2D eigenvalue weighted by atomic mass is 9.76. The molecule has 0 radical (unpaired) electrons. The highest BCUT2D eigenvalue weighted by molar-refractivity contribution is 5.06. The van der Waals surface area contributed by atoms with E-state index >= 15 is 0 Å². The van der Waals surface area contributed by atoms with Gasteiger partial charge < -0.3 is 10.6 Å². The molecule has 0 spiro atoms. The fourth-order valence-corrected chi connectivity index (χ4v) is 4.95. The Morgan fingerprint density at radius 2 is 2.00 bits per heavy atom. The van der Waals surface area contributed by atoms with E-state index < -0.39 is 0 Å². The van der Waals surface area contributed by atoms with E-state index in [1.54, 1.807) is 0 Å². The van der Waals surface area contributed by atoms with E-state index in [4.69, 9.17) is 5.73 Å². The number of rotatable bonds is 4. The van der Waals surface area contributed by atoms with Crippen LogP contribution in [0.15, 0.2) is 0 Å². The van der Waals surface area contributed by atoms with Crippen LogP contribution < -0.4 is 5.73 Å². The van der Waals surface area contributed by atoms with Gasteiger partial charge in [0.15, 0.2) is 0 Å². The Labute approximate surface area is 112 Å². The molecule has 3 unspecified atom stereocenters. The number of hydrogen-bond acceptors (Lipinski definition) is 3. The van der Waals surface area contributed by atoms with Crippen molar-refractivity contribution in [3.63, 3.8) is 0 Å². The average molecular weight is 251 g/mol. The lowest BCUT2D eigenvalue weighted by Crippen LogP contribution is -2.64. The third-order valence-corrected chi connectivity index (χ3v) is 5.92. The van der Waals surface area contributed by atoms with Gasteiger partial charge in [0.25, 0.3) is 0 Å². The highest BCUT2D eigenvalue weighted by Crippen LogP contribution is 2.42. The van der Waals surface area contributed by atoms with Gasteiger partial charge in [-0.05, 0) is 51.2 Å². The molecule has 0 aromatic rings. The molecule has 3 aliphatic rings. The summed E-state index contributed by atoms with van der Waals surface area (Å²) in [5.41, 5.74) is 6.64. The standard InChI is InChI=1S/C15H29N3/c1-2-18(14-5-3-4-6-14)15(12-16)8-10-17-9-7-13(15)11-17/h13-14H,2-12,16H2,1H3. The zero-order valence-electron chi connectivity index (χ0n) is 11.9. The van der Waals surface area contributed by atoms with Crippen molar-refractivity contribution >= 4 is 0 Å². The number of nitrogens with zero attached hydrogens (tertiary/aromatic N) is 2. The first-order valence-electron chi connectivity index (χ1n) is 7.99. The summed E-state index contributed by atoms with van der Waals surface area (Å²) >= 11 is 0. The van der Waals surface area contributed by atoms with Crippen molar-refractivity contribution in [3.8, 4) is 0 Å². The third kappa shape index (κ3) is 1.91. The molecule has 0 aromatic heterocycles. The fraction of sp³-hybridized carbons (Fsp3) is 1.00. The van der Waals surface area contributed by atoms with Crippen LogP contribution in [-0.2, 0) is 0 Å². The number of likely N-dealkylation sites (N-methyl/N-ethyl adjacent to an activating group) is 1. The Hall–Kier alpha value is -0.120. The summed E-state index contributed by atoms with van der Waals surface area (Å²) in [7, 11) is 0. The van der Waals surface area contributed by atoms with Gasteiger partial charge >= 0.3 is 0 Å². The maximum absolute atomic E-state index is 6.31. The van der Waals surface area contributed by atoms with E-state index in [2.05, 4.69) is 16.7 Å². The average Bonchev–Trinajstić information content (AvgIpc) is 3.04. The number of hydrogen-bond donors (Lipinski definition) is 1. The molecule has 3 fully saturated rings. The van der Waals surface area contributed by atoms with Crippen LogP contribution in [0.5, 0.6) is 0 Å². The molecule has 1 aliphatic carbocycles. The minimum atomic E-state index is 0.330. The monoisotopic (exact) mass is 251 g/mol. The second-order valence-corrected chi connectivity index (χ2v) is 6.57. The molecule has 18 heavy (non-hydrogen) atoms. The van der Waals surface area contributed by atoms with Crippen LogP contribution in [0.1, 0.15) is 45.4 Å². The molecule has 0 aromatic carbocycles. The summed E-state index contributed by atoms with van der Waals surface area (Å²) in [6.07, 6.45) is 8.36. The number of nitrogens with two attached hydrogens (primary N) is 1. The first kappa shape index (κ1) is 12.9. The smallest absolute Gasteiger partial charge is 0.0387 e. The predicted molar refractivity (Wildman–Crippen MR) is 75.6 cm³/mol. The van der Waals surface area contributed by atoms with E-state index in [0.717, 1.165) is 18.5 Å². The van der Waals surface area contributed by atoms with Gasteiger partial charge in [-0.2, -0.15) is 0 Å². The maximum atomic E-state index is 6.31. The largest absolute Gasteiger partial charge is 0.329 e. The van der Waals surface area contributed by atoms with Crippen LogP contribution in [0.2, 0.25) is 0 Å². The minimum absolute atomic E-state index is 0.330. The Bertz CT molecular complexity index is 287. The predicted octanol–water partition coefficient (Wildman–Crippen LogP) is 1.67. The van der Waals surface area contributed by atoms with Gasteiger partial charge in [-0.3, -0.25) is 4.90 Å². The lowest BCUT2D eigenvalue weighted by Gasteiger charge is -2.52. The van der Waals surface area contributed by atoms with Crippen molar-refractivity contribution in [1.82, 2.24) is 9.80 Å². The van der Waals surface area contributed by atoms with Crippen LogP contribution in [-0.4, -0.2) is 54.1 Å². The zero-order valence-corrected chi connectivity index (χ0v) is 11.9. The molecule has 2 heterocycles. The molecule has 0 amide bonds. The van der Waals surface area contributed by atoms with Gasteiger partial charge in [0.1, 0.15) is 0 Å². The van der Waals surface area contributed by atoms with Gasteiger partial charge in [-0.15, -0.1) is 0 Å². The molecule has 3 rings (SSSR count). The zero-order chi connectivity index (χ0) is 12.6. The molecule has 3 heteroatoms. The van der Waals surface area contributed by atoms with Crippen molar-refractivity contribution in [3.05, 3.63) is 0 Å². The van der Waals surface area contributed by atoms with Crippen LogP contribution in [0, 0.1) is 5.92 Å². The fourth-order valence-electron chi connectivity index (χ4n) is 4.95. The minimum Gasteiger partial charge on any atom is -0.329 e. The highest BCUT2D eigenvalue weighted by Gasteiger charge is 2.50. The van der Waals surface area contributed by atoms with Crippen LogP contribution >= 0.6 is 0 Å². The lowest BCUT2D eigenvalue weighted by molar-refractivity contribution is -0.0170. The van der Waals surface area contributed by atoms with Crippen molar-refractivity contribution < 1.29 is 0 Å². The van der Waals surface area contributed by atoms with Gasteiger partial charge in [-0.1, -0.05) is 19.8 Å². The highest BCUT2D eigenvalue weighted by atomic mass is 15.3. The summed E-state index contributed by atoms with van der Waals surface area (Å²) in [5.74, 6) is 0.830. The first-order valence-corrected chi connectivity index (χ1v) is 7.99. The summed E-state index contributed by atoms with van der Waals surface area (Å²) in [6.45, 7) is 8.30. The second-order valence-electron chi connectivity index (χ2n) is 6.57. The van der Waals surface area contributed by atoms with Crippen LogP contribution in [0.4, 0.5) is 0 Å². The molecule has 2 saturated heterocycles. The SMILES string of the molecule is CCN(C1CCCC1)C1(CN)CCN2CCC1C2. The Kier molecular flexibility index (Phi) is 3.65. The van der Waals surface area contributed by atoms with E-state index in [9.17, 15) is 0 Å². The summed E-state index contributed by atoms with van der Waals surface area (Å²) in [5, 5.41) is 0. The molecular weight excluding hydrogens is 222 g/mol. The first-order chi connectivity index (χ1) is 8.80. The second kappa shape index (κ2) is 5.10. The number of piperidine rings is 1. The molecule has 3 atom stereocenters. The molecule has 1 saturated carbocycles. The topological polar surface area (TPSA) is 32.5 Å². The van der Waals surface area contributed by atoms with Crippen molar-refractivity contribution in [1.29, 1.82) is 0 Å². The van der Waals surface area contributed by atoms with Crippen LogP contribution in [0.25, 0.3) is 0 Å². The van der Waals surface area contributed by atoms with Gasteiger partial charge in [-0.25, -0.2) is 0 Å².